The van der Waals surface area contributed by atoms with Crippen LogP contribution in [0, 0.1) is 5.92 Å². The van der Waals surface area contributed by atoms with Crippen molar-refractivity contribution in [3.8, 4) is 0 Å². The molecule has 1 rings (SSSR count). The molecule has 0 saturated carbocycles. The van der Waals surface area contributed by atoms with E-state index in [9.17, 15) is 4.79 Å². The molecule has 100 valence electrons. The van der Waals surface area contributed by atoms with Crippen LogP contribution >= 0.6 is 0 Å². The number of hydrogen-bond donors (Lipinski definition) is 1. The van der Waals surface area contributed by atoms with Gasteiger partial charge in [0.1, 0.15) is 0 Å². The molecule has 1 amide bonds. The van der Waals surface area contributed by atoms with Gasteiger partial charge in [-0.3, -0.25) is 10.1 Å². The second kappa shape index (κ2) is 6.36. The van der Waals surface area contributed by atoms with Crippen molar-refractivity contribution in [1.82, 2.24) is 10.2 Å². The zero-order valence-electron chi connectivity index (χ0n) is 11.7. The summed E-state index contributed by atoms with van der Waals surface area (Å²) in [5, 5.41) is 3.45. The highest BCUT2D eigenvalue weighted by molar-refractivity contribution is 5.84. The van der Waals surface area contributed by atoms with E-state index < -0.39 is 0 Å². The molecule has 4 heteroatoms. The van der Waals surface area contributed by atoms with Crippen LogP contribution in [0.3, 0.4) is 0 Å². The van der Waals surface area contributed by atoms with E-state index in [0.29, 0.717) is 12.5 Å². The summed E-state index contributed by atoms with van der Waals surface area (Å²) in [7, 11) is 1.68. The third-order valence-corrected chi connectivity index (χ3v) is 3.32. The lowest BCUT2D eigenvalue weighted by Gasteiger charge is -2.32. The summed E-state index contributed by atoms with van der Waals surface area (Å²) >= 11 is 0. The molecular weight excluding hydrogens is 216 g/mol. The number of hydrogen-bond acceptors (Lipinski definition) is 3. The maximum atomic E-state index is 12.3. The highest BCUT2D eigenvalue weighted by Gasteiger charge is 2.41. The van der Waals surface area contributed by atoms with Gasteiger partial charge in [-0.1, -0.05) is 27.2 Å². The van der Waals surface area contributed by atoms with Gasteiger partial charge in [0.05, 0.1) is 24.9 Å². The predicted molar refractivity (Wildman–Crippen MR) is 68.6 cm³/mol. The van der Waals surface area contributed by atoms with Crippen molar-refractivity contribution in [2.24, 2.45) is 5.92 Å². The molecular formula is C13H26N2O2. The molecule has 0 aliphatic carbocycles. The van der Waals surface area contributed by atoms with Crippen LogP contribution in [0.2, 0.25) is 0 Å². The fourth-order valence-corrected chi connectivity index (χ4v) is 2.50. The lowest BCUT2D eigenvalue weighted by molar-refractivity contribution is -0.133. The Kier molecular flexibility index (Phi) is 5.40. The summed E-state index contributed by atoms with van der Waals surface area (Å²) in [6.07, 6.45) is 2.09. The molecule has 3 unspecified atom stereocenters. The number of carbonyl (C=O) groups excluding carboxylic acids is 1. The molecule has 17 heavy (non-hydrogen) atoms. The van der Waals surface area contributed by atoms with E-state index in [-0.39, 0.29) is 24.2 Å². The van der Waals surface area contributed by atoms with E-state index in [1.54, 1.807) is 7.11 Å². The van der Waals surface area contributed by atoms with E-state index in [2.05, 4.69) is 26.1 Å². The van der Waals surface area contributed by atoms with Gasteiger partial charge in [-0.15, -0.1) is 0 Å². The van der Waals surface area contributed by atoms with E-state index in [1.165, 1.54) is 0 Å². The van der Waals surface area contributed by atoms with Gasteiger partial charge in [0.15, 0.2) is 0 Å². The van der Waals surface area contributed by atoms with Gasteiger partial charge in [-0.2, -0.15) is 0 Å². The average molecular weight is 242 g/mol. The van der Waals surface area contributed by atoms with Crippen molar-refractivity contribution in [1.29, 1.82) is 0 Å². The van der Waals surface area contributed by atoms with Gasteiger partial charge < -0.3 is 9.64 Å². The van der Waals surface area contributed by atoms with Crippen LogP contribution in [0.15, 0.2) is 0 Å². The highest BCUT2D eigenvalue weighted by Crippen LogP contribution is 2.22. The molecule has 1 aliphatic heterocycles. The molecule has 1 heterocycles. The predicted octanol–water partition coefficient (Wildman–Crippen LogP) is 1.60. The molecule has 3 atom stereocenters. The standard InChI is InChI=1S/C13H26N2O2/c1-6-7-11-13(16)15(10(4)8-17-5)12(14-11)9(2)3/h9-12,14H,6-8H2,1-5H3. The summed E-state index contributed by atoms with van der Waals surface area (Å²) in [5.74, 6) is 0.648. The van der Waals surface area contributed by atoms with Gasteiger partial charge in [0.25, 0.3) is 0 Å². The van der Waals surface area contributed by atoms with Crippen molar-refractivity contribution < 1.29 is 9.53 Å². The maximum absolute atomic E-state index is 12.3. The minimum atomic E-state index is -0.00768. The fourth-order valence-electron chi connectivity index (χ4n) is 2.50. The molecule has 1 N–H and O–H groups in total. The molecule has 0 radical (unpaired) electrons. The van der Waals surface area contributed by atoms with Gasteiger partial charge in [-0.05, 0) is 19.3 Å². The first-order valence-electron chi connectivity index (χ1n) is 6.60. The van der Waals surface area contributed by atoms with Gasteiger partial charge >= 0.3 is 0 Å². The number of amides is 1. The third-order valence-electron chi connectivity index (χ3n) is 3.32. The summed E-state index contributed by atoms with van der Waals surface area (Å²) in [5.41, 5.74) is 0. The zero-order valence-corrected chi connectivity index (χ0v) is 11.7. The van der Waals surface area contributed by atoms with Crippen LogP contribution in [0.4, 0.5) is 0 Å². The first kappa shape index (κ1) is 14.5. The molecule has 0 aromatic rings. The minimum Gasteiger partial charge on any atom is -0.383 e. The Labute approximate surface area is 105 Å². The SMILES string of the molecule is CCCC1NC(C(C)C)N(C(C)COC)C1=O. The van der Waals surface area contributed by atoms with Crippen LogP contribution < -0.4 is 5.32 Å². The van der Waals surface area contributed by atoms with Crippen molar-refractivity contribution in [2.75, 3.05) is 13.7 Å². The second-order valence-electron chi connectivity index (χ2n) is 5.25. The molecule has 0 bridgehead atoms. The summed E-state index contributed by atoms with van der Waals surface area (Å²) in [4.78, 5) is 14.3. The second-order valence-corrected chi connectivity index (χ2v) is 5.25. The maximum Gasteiger partial charge on any atom is 0.241 e. The first-order valence-corrected chi connectivity index (χ1v) is 6.60. The number of ether oxygens (including phenoxy) is 1. The first-order chi connectivity index (χ1) is 8.02. The van der Waals surface area contributed by atoms with E-state index in [1.807, 2.05) is 11.8 Å². The number of methoxy groups -OCH3 is 1. The van der Waals surface area contributed by atoms with Crippen molar-refractivity contribution in [3.05, 3.63) is 0 Å². The van der Waals surface area contributed by atoms with Crippen LogP contribution in [-0.2, 0) is 9.53 Å². The molecule has 0 spiro atoms. The van der Waals surface area contributed by atoms with Crippen molar-refractivity contribution in [2.45, 2.75) is 58.8 Å². The van der Waals surface area contributed by atoms with Crippen LogP contribution in [0.5, 0.6) is 0 Å². The Morgan fingerprint density at radius 3 is 2.53 bits per heavy atom. The Hall–Kier alpha value is -0.610. The lowest BCUT2D eigenvalue weighted by Crippen LogP contribution is -2.47. The lowest BCUT2D eigenvalue weighted by atomic mass is 10.1. The van der Waals surface area contributed by atoms with Gasteiger partial charge in [-0.25, -0.2) is 0 Å². The normalized spacial score (nSPS) is 26.9. The van der Waals surface area contributed by atoms with Gasteiger partial charge in [0.2, 0.25) is 5.91 Å². The van der Waals surface area contributed by atoms with Crippen molar-refractivity contribution >= 4 is 5.91 Å². The number of nitrogens with one attached hydrogen (secondary N) is 1. The minimum absolute atomic E-state index is 0.00768. The van der Waals surface area contributed by atoms with Crippen LogP contribution in [-0.4, -0.2) is 42.8 Å². The molecule has 1 aliphatic rings. The summed E-state index contributed by atoms with van der Waals surface area (Å²) < 4.78 is 5.17. The Morgan fingerprint density at radius 1 is 1.41 bits per heavy atom. The van der Waals surface area contributed by atoms with Crippen LogP contribution in [0.25, 0.3) is 0 Å². The Balaban J connectivity index is 2.78. The Bertz CT molecular complexity index is 256. The fraction of sp³-hybridized carbons (Fsp3) is 0.923. The number of nitrogens with zero attached hydrogens (tertiary/aromatic N) is 1. The Morgan fingerprint density at radius 2 is 2.06 bits per heavy atom. The molecule has 0 aromatic carbocycles. The van der Waals surface area contributed by atoms with E-state index >= 15 is 0 Å². The summed E-state index contributed by atoms with van der Waals surface area (Å²) in [6, 6.07) is 0.126. The molecule has 0 aromatic heterocycles. The smallest absolute Gasteiger partial charge is 0.241 e. The molecule has 1 saturated heterocycles. The van der Waals surface area contributed by atoms with Gasteiger partial charge in [0, 0.05) is 7.11 Å². The quantitative estimate of drug-likeness (QED) is 0.769. The molecule has 1 fully saturated rings. The largest absolute Gasteiger partial charge is 0.383 e. The number of rotatable bonds is 6. The van der Waals surface area contributed by atoms with E-state index in [0.717, 1.165) is 12.8 Å². The highest BCUT2D eigenvalue weighted by atomic mass is 16.5. The zero-order chi connectivity index (χ0) is 13.0. The topological polar surface area (TPSA) is 41.6 Å². The van der Waals surface area contributed by atoms with Crippen molar-refractivity contribution in [3.63, 3.8) is 0 Å². The van der Waals surface area contributed by atoms with Crippen LogP contribution in [0.1, 0.15) is 40.5 Å². The molecule has 4 nitrogen and oxygen atoms in total. The number of carbonyl (C=O) groups is 1. The monoisotopic (exact) mass is 242 g/mol. The summed E-state index contributed by atoms with van der Waals surface area (Å²) in [6.45, 7) is 9.04. The third kappa shape index (κ3) is 3.19. The average Bonchev–Trinajstić information content (AvgIpc) is 2.57. The van der Waals surface area contributed by atoms with E-state index in [4.69, 9.17) is 4.74 Å².